The largest absolute Gasteiger partial charge is 0.390 e. The van der Waals surface area contributed by atoms with E-state index >= 15 is 0 Å². The van der Waals surface area contributed by atoms with Crippen LogP contribution < -0.4 is 5.32 Å². The molecule has 3 atom stereocenters. The van der Waals surface area contributed by atoms with Crippen LogP contribution in [0.2, 0.25) is 0 Å². The maximum atomic E-state index is 14.7. The zero-order chi connectivity index (χ0) is 27.0. The number of nitrogens with zero attached hydrogens (tertiary/aromatic N) is 4. The Morgan fingerprint density at radius 2 is 1.84 bits per heavy atom. The van der Waals surface area contributed by atoms with Crippen LogP contribution in [0.15, 0.2) is 36.5 Å². The minimum atomic E-state index is -3.22. The molecule has 11 heteroatoms. The fourth-order valence-corrected chi connectivity index (χ4v) is 5.75. The van der Waals surface area contributed by atoms with E-state index in [0.717, 1.165) is 36.7 Å². The first-order valence-electron chi connectivity index (χ1n) is 13.0. The topological polar surface area (TPSA) is 89.0 Å². The number of halogens is 3. The van der Waals surface area contributed by atoms with E-state index in [1.165, 1.54) is 23.0 Å². The molecule has 2 fully saturated rings. The highest BCUT2D eigenvalue weighted by molar-refractivity contribution is 5.95. The predicted molar refractivity (Wildman–Crippen MR) is 134 cm³/mol. The summed E-state index contributed by atoms with van der Waals surface area (Å²) in [5, 5.41) is 13.6. The quantitative estimate of drug-likeness (QED) is 0.631. The molecule has 1 aromatic carbocycles. The van der Waals surface area contributed by atoms with E-state index in [0.29, 0.717) is 13.0 Å². The van der Waals surface area contributed by atoms with E-state index in [1.807, 2.05) is 12.1 Å². The summed E-state index contributed by atoms with van der Waals surface area (Å²) in [5.41, 5.74) is 2.26. The van der Waals surface area contributed by atoms with Crippen molar-refractivity contribution in [3.05, 3.63) is 59.0 Å². The number of aromatic nitrogens is 1. The Balaban J connectivity index is 1.23. The second-order valence-electron chi connectivity index (χ2n) is 10.4. The second-order valence-corrected chi connectivity index (χ2v) is 10.4. The van der Waals surface area contributed by atoms with Gasteiger partial charge in [0.2, 0.25) is 5.91 Å². The van der Waals surface area contributed by atoms with Crippen molar-refractivity contribution in [2.75, 3.05) is 38.0 Å². The van der Waals surface area contributed by atoms with Crippen molar-refractivity contribution in [3.8, 4) is 0 Å². The number of amides is 2. The van der Waals surface area contributed by atoms with Crippen LogP contribution in [-0.2, 0) is 17.8 Å². The number of piperidine rings is 2. The number of aliphatic hydroxyl groups is 1. The number of nitrogens with one attached hydrogen (secondary N) is 1. The Kier molecular flexibility index (Phi) is 7.32. The third-order valence-electron chi connectivity index (χ3n) is 7.92. The highest BCUT2D eigenvalue weighted by atomic mass is 19.3. The van der Waals surface area contributed by atoms with Gasteiger partial charge >= 0.3 is 0 Å². The van der Waals surface area contributed by atoms with Crippen molar-refractivity contribution in [2.24, 2.45) is 0 Å². The molecule has 0 aliphatic carbocycles. The summed E-state index contributed by atoms with van der Waals surface area (Å²) in [6, 6.07) is 7.95. The van der Waals surface area contributed by atoms with Gasteiger partial charge in [-0.2, -0.15) is 0 Å². The van der Waals surface area contributed by atoms with Crippen LogP contribution in [0.4, 0.5) is 19.0 Å². The van der Waals surface area contributed by atoms with Crippen molar-refractivity contribution in [3.63, 3.8) is 0 Å². The number of fused-ring (bicyclic) bond motifs is 1. The molecule has 2 N–H and O–H groups in total. The van der Waals surface area contributed by atoms with Gasteiger partial charge < -0.3 is 20.2 Å². The van der Waals surface area contributed by atoms with Crippen LogP contribution in [0.5, 0.6) is 0 Å². The SMILES string of the molecule is CC(=O)N1CCC(Nc2cc(C(=O)N3CC[C@H](N4CCc5ccccc5C4)[C@@H](O)C3)c(F)cn2)C(F)(F)C1. The van der Waals surface area contributed by atoms with E-state index in [-0.39, 0.29) is 36.9 Å². The maximum Gasteiger partial charge on any atom is 0.285 e. The van der Waals surface area contributed by atoms with Crippen LogP contribution in [0.1, 0.15) is 41.3 Å². The number of benzene rings is 1. The second kappa shape index (κ2) is 10.5. The van der Waals surface area contributed by atoms with Gasteiger partial charge in [0.05, 0.1) is 30.5 Å². The molecule has 2 saturated heterocycles. The summed E-state index contributed by atoms with van der Waals surface area (Å²) in [4.78, 5) is 33.3. The Labute approximate surface area is 219 Å². The monoisotopic (exact) mass is 531 g/mol. The van der Waals surface area contributed by atoms with Crippen LogP contribution in [-0.4, -0.2) is 93.4 Å². The molecule has 0 bridgehead atoms. The number of aliphatic hydroxyl groups excluding tert-OH is 1. The van der Waals surface area contributed by atoms with Gasteiger partial charge in [-0.3, -0.25) is 14.5 Å². The smallest absolute Gasteiger partial charge is 0.285 e. The fourth-order valence-electron chi connectivity index (χ4n) is 5.75. The van der Waals surface area contributed by atoms with Gasteiger partial charge in [0.1, 0.15) is 5.82 Å². The van der Waals surface area contributed by atoms with Crippen LogP contribution >= 0.6 is 0 Å². The number of β-amino-alcohol motifs (C(OH)–C–C–N with tert-alkyl or cyclic N) is 1. The fraction of sp³-hybridized carbons (Fsp3) is 0.519. The summed E-state index contributed by atoms with van der Waals surface area (Å²) in [7, 11) is 0. The normalized spacial score (nSPS) is 25.6. The molecule has 5 rings (SSSR count). The van der Waals surface area contributed by atoms with Gasteiger partial charge in [-0.15, -0.1) is 0 Å². The molecule has 0 spiro atoms. The minimum Gasteiger partial charge on any atom is -0.390 e. The average Bonchev–Trinajstić information content (AvgIpc) is 2.89. The zero-order valence-electron chi connectivity index (χ0n) is 21.2. The molecule has 4 heterocycles. The standard InChI is InChI=1S/C27H32F3N5O3/c1-17(36)35-11-8-24(27(29,30)16-35)32-25-12-20(21(28)13-31-25)26(38)34-10-7-22(23(37)15-34)33-9-6-18-4-2-3-5-19(18)14-33/h2-5,12-13,22-24,37H,6-11,14-16H2,1H3,(H,31,32)/t22-,23-,24?/m0/s1. The van der Waals surface area contributed by atoms with E-state index in [9.17, 15) is 27.9 Å². The molecule has 8 nitrogen and oxygen atoms in total. The number of carbonyl (C=O) groups is 2. The molecule has 1 unspecified atom stereocenters. The first-order chi connectivity index (χ1) is 18.1. The molecule has 38 heavy (non-hydrogen) atoms. The van der Waals surface area contributed by atoms with Gasteiger partial charge in [-0.1, -0.05) is 24.3 Å². The highest BCUT2D eigenvalue weighted by Gasteiger charge is 2.45. The first kappa shape index (κ1) is 26.4. The lowest BCUT2D eigenvalue weighted by atomic mass is 9.94. The number of carbonyl (C=O) groups excluding carboxylic acids is 2. The summed E-state index contributed by atoms with van der Waals surface area (Å²) in [6.45, 7) is 2.62. The van der Waals surface area contributed by atoms with Gasteiger partial charge in [-0.05, 0) is 36.5 Å². The Hall–Kier alpha value is -3.18. The average molecular weight is 532 g/mol. The number of alkyl halides is 2. The van der Waals surface area contributed by atoms with Crippen molar-refractivity contribution in [2.45, 2.75) is 56.8 Å². The summed E-state index contributed by atoms with van der Waals surface area (Å²) in [5.74, 6) is -5.16. The molecule has 0 radical (unpaired) electrons. The summed E-state index contributed by atoms with van der Waals surface area (Å²) < 4.78 is 43.9. The maximum absolute atomic E-state index is 14.7. The highest BCUT2D eigenvalue weighted by Crippen LogP contribution is 2.31. The molecule has 2 amide bonds. The molecular weight excluding hydrogens is 499 g/mol. The molecule has 0 saturated carbocycles. The zero-order valence-corrected chi connectivity index (χ0v) is 21.2. The van der Waals surface area contributed by atoms with Gasteiger partial charge in [0, 0.05) is 45.7 Å². The molecule has 2 aromatic rings. The number of pyridine rings is 1. The first-order valence-corrected chi connectivity index (χ1v) is 13.0. The van der Waals surface area contributed by atoms with Crippen molar-refractivity contribution >= 4 is 17.6 Å². The summed E-state index contributed by atoms with van der Waals surface area (Å²) in [6.07, 6.45) is 1.45. The number of hydrogen-bond acceptors (Lipinski definition) is 6. The number of likely N-dealkylation sites (tertiary alicyclic amines) is 2. The third-order valence-corrected chi connectivity index (χ3v) is 7.92. The minimum absolute atomic E-state index is 0.0183. The van der Waals surface area contributed by atoms with E-state index in [4.69, 9.17) is 0 Å². The molecule has 204 valence electrons. The Morgan fingerprint density at radius 1 is 1.11 bits per heavy atom. The van der Waals surface area contributed by atoms with E-state index in [1.54, 1.807) is 0 Å². The molecular formula is C27H32F3N5O3. The van der Waals surface area contributed by atoms with Crippen LogP contribution in [0.3, 0.4) is 0 Å². The van der Waals surface area contributed by atoms with Gasteiger partial charge in [0.25, 0.3) is 11.8 Å². The Morgan fingerprint density at radius 3 is 2.55 bits per heavy atom. The third kappa shape index (κ3) is 5.35. The lowest BCUT2D eigenvalue weighted by Gasteiger charge is -2.43. The molecule has 3 aliphatic heterocycles. The van der Waals surface area contributed by atoms with Crippen LogP contribution in [0, 0.1) is 5.82 Å². The number of rotatable bonds is 4. The van der Waals surface area contributed by atoms with Crippen molar-refractivity contribution in [1.29, 1.82) is 0 Å². The summed E-state index contributed by atoms with van der Waals surface area (Å²) >= 11 is 0. The van der Waals surface area contributed by atoms with Crippen molar-refractivity contribution < 1.29 is 27.9 Å². The number of anilines is 1. The van der Waals surface area contributed by atoms with Gasteiger partial charge in [0.15, 0.2) is 5.82 Å². The predicted octanol–water partition coefficient (Wildman–Crippen LogP) is 2.52. The van der Waals surface area contributed by atoms with E-state index < -0.39 is 42.2 Å². The lowest BCUT2D eigenvalue weighted by molar-refractivity contribution is -0.140. The number of hydrogen-bond donors (Lipinski definition) is 2. The molecule has 1 aromatic heterocycles. The van der Waals surface area contributed by atoms with Crippen LogP contribution in [0.25, 0.3) is 0 Å². The Bertz CT molecular complexity index is 1210. The van der Waals surface area contributed by atoms with E-state index in [2.05, 4.69) is 27.3 Å². The lowest BCUT2D eigenvalue weighted by Crippen LogP contribution is -2.56. The van der Waals surface area contributed by atoms with Gasteiger partial charge in [-0.25, -0.2) is 18.2 Å². The van der Waals surface area contributed by atoms with Crippen molar-refractivity contribution in [1.82, 2.24) is 19.7 Å². The molecule has 3 aliphatic rings.